The van der Waals surface area contributed by atoms with Gasteiger partial charge in [0.05, 0.1) is 24.4 Å². The maximum Gasteiger partial charge on any atom is 0.338 e. The standard InChI is InChI=1S/C42H45N3O6S/c46-24-26-7-9-31(10-8-26)37-19-34(25-52-38-36(39(47)48)6-3-15-43-38)50-40(51-37)32-13-11-30(12-14-32)35-5-2-1-4-33(35)23-44-41(49)45-42-20-27-16-28(21-42)18-29(17-27)22-42/h1-15,27-29,34,37,40,46H,16-25H2,(H,47,48)(H2,44,45,49)/t27?,28?,29?,34-,37+,40+,42?/m1/s1. The van der Waals surface area contributed by atoms with E-state index in [0.717, 1.165) is 70.4 Å². The van der Waals surface area contributed by atoms with Crippen LogP contribution in [0, 0.1) is 17.8 Å². The van der Waals surface area contributed by atoms with E-state index in [2.05, 4.69) is 39.9 Å². The molecule has 52 heavy (non-hydrogen) atoms. The van der Waals surface area contributed by atoms with Crippen molar-refractivity contribution in [1.82, 2.24) is 15.6 Å². The zero-order valence-corrected chi connectivity index (χ0v) is 29.9. The molecule has 2 heterocycles. The number of carbonyl (C=O) groups excluding carboxylic acids is 1. The maximum absolute atomic E-state index is 13.2. The number of aromatic nitrogens is 1. The van der Waals surface area contributed by atoms with Crippen molar-refractivity contribution in [2.75, 3.05) is 5.75 Å². The Labute approximate surface area is 308 Å². The van der Waals surface area contributed by atoms with Crippen LogP contribution in [0.5, 0.6) is 0 Å². The van der Waals surface area contributed by atoms with E-state index >= 15 is 0 Å². The summed E-state index contributed by atoms with van der Waals surface area (Å²) < 4.78 is 13.1. The lowest BCUT2D eigenvalue weighted by Crippen LogP contribution is -2.61. The number of carbonyl (C=O) groups is 2. The molecular formula is C42H45N3O6S. The van der Waals surface area contributed by atoms with Crippen LogP contribution in [0.15, 0.2) is 96.2 Å². The van der Waals surface area contributed by atoms with Crippen molar-refractivity contribution < 1.29 is 29.3 Å². The van der Waals surface area contributed by atoms with Gasteiger partial charge in [-0.3, -0.25) is 0 Å². The van der Waals surface area contributed by atoms with Crippen LogP contribution < -0.4 is 10.6 Å². The molecule has 4 aliphatic carbocycles. The van der Waals surface area contributed by atoms with Crippen molar-refractivity contribution in [2.24, 2.45) is 17.8 Å². The van der Waals surface area contributed by atoms with Crippen LogP contribution in [0.4, 0.5) is 4.79 Å². The number of carboxylic acids is 1. The lowest BCUT2D eigenvalue weighted by Gasteiger charge is -2.56. The first-order valence-corrected chi connectivity index (χ1v) is 19.4. The number of rotatable bonds is 11. The van der Waals surface area contributed by atoms with Crippen LogP contribution in [-0.4, -0.2) is 44.6 Å². The molecule has 4 saturated carbocycles. The molecule has 1 aromatic heterocycles. The Morgan fingerprint density at radius 1 is 0.827 bits per heavy atom. The lowest BCUT2D eigenvalue weighted by molar-refractivity contribution is -0.245. The van der Waals surface area contributed by atoms with Crippen LogP contribution in [0.2, 0.25) is 0 Å². The van der Waals surface area contributed by atoms with Gasteiger partial charge in [-0.05, 0) is 96.2 Å². The number of aliphatic hydroxyl groups is 1. The molecule has 0 unspecified atom stereocenters. The van der Waals surface area contributed by atoms with E-state index in [1.165, 1.54) is 31.0 Å². The zero-order chi connectivity index (χ0) is 35.7. The number of carboxylic acid groups (broad SMARTS) is 1. The van der Waals surface area contributed by atoms with Gasteiger partial charge in [-0.25, -0.2) is 14.6 Å². The number of hydrogen-bond donors (Lipinski definition) is 4. The lowest BCUT2D eigenvalue weighted by atomic mass is 9.53. The fourth-order valence-corrected chi connectivity index (χ4v) is 10.4. The second-order valence-electron chi connectivity index (χ2n) is 15.1. The molecule has 9 nitrogen and oxygen atoms in total. The molecule has 1 saturated heterocycles. The van der Waals surface area contributed by atoms with Gasteiger partial charge >= 0.3 is 12.0 Å². The summed E-state index contributed by atoms with van der Waals surface area (Å²) >= 11 is 1.37. The van der Waals surface area contributed by atoms with E-state index in [9.17, 15) is 19.8 Å². The molecule has 1 aliphatic heterocycles. The molecule has 0 radical (unpaired) electrons. The molecule has 5 fully saturated rings. The van der Waals surface area contributed by atoms with Gasteiger partial charge in [0, 0.05) is 36.0 Å². The number of benzene rings is 3. The third-order valence-electron chi connectivity index (χ3n) is 11.4. The summed E-state index contributed by atoms with van der Waals surface area (Å²) in [5, 5.41) is 26.3. The zero-order valence-electron chi connectivity index (χ0n) is 29.1. The van der Waals surface area contributed by atoms with Crippen LogP contribution in [0.3, 0.4) is 0 Å². The fourth-order valence-electron chi connectivity index (χ4n) is 9.36. The second kappa shape index (κ2) is 15.0. The van der Waals surface area contributed by atoms with Gasteiger partial charge in [0.1, 0.15) is 5.03 Å². The van der Waals surface area contributed by atoms with Gasteiger partial charge in [0.25, 0.3) is 0 Å². The van der Waals surface area contributed by atoms with E-state index in [1.54, 1.807) is 18.3 Å². The highest BCUT2D eigenvalue weighted by Crippen LogP contribution is 2.55. The first-order valence-electron chi connectivity index (χ1n) is 18.4. The van der Waals surface area contributed by atoms with Crippen molar-refractivity contribution in [3.05, 3.63) is 119 Å². The third-order valence-corrected chi connectivity index (χ3v) is 12.5. The summed E-state index contributed by atoms with van der Waals surface area (Å²) in [6.45, 7) is 0.397. The van der Waals surface area contributed by atoms with Crippen LogP contribution in [0.25, 0.3) is 11.1 Å². The van der Waals surface area contributed by atoms with E-state index in [-0.39, 0.29) is 35.9 Å². The molecule has 2 amide bonds. The summed E-state index contributed by atoms with van der Waals surface area (Å²) in [5.41, 5.74) is 5.93. The molecule has 4 bridgehead atoms. The van der Waals surface area contributed by atoms with Crippen molar-refractivity contribution in [2.45, 2.75) is 87.2 Å². The van der Waals surface area contributed by atoms with Gasteiger partial charge < -0.3 is 30.3 Å². The Morgan fingerprint density at radius 2 is 1.52 bits per heavy atom. The number of urea groups is 1. The molecule has 0 spiro atoms. The number of nitrogens with zero attached hydrogens (tertiary/aromatic N) is 1. The Morgan fingerprint density at radius 3 is 2.21 bits per heavy atom. The average molecular weight is 720 g/mol. The van der Waals surface area contributed by atoms with Crippen LogP contribution in [-0.2, 0) is 22.6 Å². The predicted molar refractivity (Wildman–Crippen MR) is 198 cm³/mol. The van der Waals surface area contributed by atoms with E-state index in [4.69, 9.17) is 9.47 Å². The van der Waals surface area contributed by atoms with E-state index in [0.29, 0.717) is 23.7 Å². The number of amides is 2. The monoisotopic (exact) mass is 719 g/mol. The average Bonchev–Trinajstić information content (AvgIpc) is 3.16. The van der Waals surface area contributed by atoms with Crippen LogP contribution in [0.1, 0.15) is 90.0 Å². The summed E-state index contributed by atoms with van der Waals surface area (Å²) in [6, 6.07) is 27.2. The molecule has 3 aromatic carbocycles. The van der Waals surface area contributed by atoms with E-state index in [1.807, 2.05) is 48.5 Å². The van der Waals surface area contributed by atoms with Crippen LogP contribution >= 0.6 is 11.8 Å². The molecule has 270 valence electrons. The largest absolute Gasteiger partial charge is 0.478 e. The number of thioether (sulfide) groups is 1. The number of aromatic carboxylic acids is 1. The first-order chi connectivity index (χ1) is 25.3. The maximum atomic E-state index is 13.2. The minimum Gasteiger partial charge on any atom is -0.478 e. The molecule has 4 N–H and O–H groups in total. The number of nitrogens with one attached hydrogen (secondary N) is 2. The molecule has 9 rings (SSSR count). The first kappa shape index (κ1) is 34.8. The van der Waals surface area contributed by atoms with Gasteiger partial charge in [-0.1, -0.05) is 72.8 Å². The Balaban J connectivity index is 0.958. The highest BCUT2D eigenvalue weighted by molar-refractivity contribution is 7.99. The SMILES string of the molecule is O=C(NCc1ccccc1-c1ccc([C@H]2O[C@@H](CSc3ncccc3C(=O)O)C[C@@H](c3ccc(CO)cc3)O2)cc1)NC12CC3CC(CC(C3)C1)C2. The minimum absolute atomic E-state index is 0.0309. The van der Waals surface area contributed by atoms with Crippen molar-refractivity contribution in [3.63, 3.8) is 0 Å². The predicted octanol–water partition coefficient (Wildman–Crippen LogP) is 8.04. The molecule has 10 heteroatoms. The third kappa shape index (κ3) is 7.62. The summed E-state index contributed by atoms with van der Waals surface area (Å²) in [4.78, 5) is 29.3. The van der Waals surface area contributed by atoms with Crippen molar-refractivity contribution in [1.29, 1.82) is 0 Å². The minimum atomic E-state index is -1.01. The quantitative estimate of drug-likeness (QED) is 0.115. The second-order valence-corrected chi connectivity index (χ2v) is 16.1. The van der Waals surface area contributed by atoms with Gasteiger partial charge in [0.15, 0.2) is 6.29 Å². The summed E-state index contributed by atoms with van der Waals surface area (Å²) in [5.74, 6) is 1.80. The summed E-state index contributed by atoms with van der Waals surface area (Å²) in [6.07, 6.45) is 8.40. The highest BCUT2D eigenvalue weighted by Gasteiger charge is 2.51. The number of hydrogen-bond acceptors (Lipinski definition) is 7. The number of pyridine rings is 1. The van der Waals surface area contributed by atoms with Crippen molar-refractivity contribution >= 4 is 23.8 Å². The summed E-state index contributed by atoms with van der Waals surface area (Å²) in [7, 11) is 0. The fraction of sp³-hybridized carbons (Fsp3) is 0.405. The Bertz CT molecular complexity index is 1870. The van der Waals surface area contributed by atoms with Gasteiger partial charge in [-0.2, -0.15) is 0 Å². The Hall–Kier alpha value is -4.22. The van der Waals surface area contributed by atoms with Crippen molar-refractivity contribution in [3.8, 4) is 11.1 Å². The van der Waals surface area contributed by atoms with Gasteiger partial charge in [0.2, 0.25) is 0 Å². The number of aliphatic hydroxyl groups excluding tert-OH is 1. The number of ether oxygens (including phenoxy) is 2. The molecule has 4 aromatic rings. The molecule has 5 aliphatic rings. The molecular weight excluding hydrogens is 675 g/mol. The highest BCUT2D eigenvalue weighted by atomic mass is 32.2. The molecule has 3 atom stereocenters. The van der Waals surface area contributed by atoms with Gasteiger partial charge in [-0.15, -0.1) is 11.8 Å². The normalized spacial score (nSPS) is 27.6. The van der Waals surface area contributed by atoms with E-state index < -0.39 is 12.3 Å². The topological polar surface area (TPSA) is 130 Å². The smallest absolute Gasteiger partial charge is 0.338 e. The Kier molecular flexibility index (Phi) is 10.1.